The Hall–Kier alpha value is -0.890. The van der Waals surface area contributed by atoms with Gasteiger partial charge in [0.25, 0.3) is 0 Å². The Bertz CT molecular complexity index is 375. The van der Waals surface area contributed by atoms with Crippen LogP contribution in [0.25, 0.3) is 0 Å². The van der Waals surface area contributed by atoms with Crippen molar-refractivity contribution in [2.45, 2.75) is 31.6 Å². The molecule has 0 radical (unpaired) electrons. The Balaban J connectivity index is 2.02. The standard InChI is InChI=1S/C9H13F3N4S/c1-13-8-7(14-15-17-8)4-16(6-2-3-6)5-9(10,11)12/h6,13H,2-5H2,1H3. The molecule has 8 heteroatoms. The molecule has 1 saturated carbocycles. The maximum atomic E-state index is 12.4. The second-order valence-corrected chi connectivity index (χ2v) is 4.80. The molecular weight excluding hydrogens is 253 g/mol. The third-order valence-corrected chi connectivity index (χ3v) is 3.37. The lowest BCUT2D eigenvalue weighted by atomic mass is 10.3. The third-order valence-electron chi connectivity index (χ3n) is 2.58. The molecule has 1 aliphatic carbocycles. The Labute approximate surface area is 101 Å². The highest BCUT2D eigenvalue weighted by atomic mass is 32.1. The predicted molar refractivity (Wildman–Crippen MR) is 58.9 cm³/mol. The molecule has 0 atom stereocenters. The van der Waals surface area contributed by atoms with Crippen molar-refractivity contribution < 1.29 is 13.2 Å². The van der Waals surface area contributed by atoms with Crippen molar-refractivity contribution in [3.05, 3.63) is 5.69 Å². The first kappa shape index (κ1) is 12.6. The molecule has 0 amide bonds. The van der Waals surface area contributed by atoms with Crippen LogP contribution in [0.5, 0.6) is 0 Å². The van der Waals surface area contributed by atoms with Gasteiger partial charge in [-0.1, -0.05) is 4.49 Å². The van der Waals surface area contributed by atoms with E-state index in [0.717, 1.165) is 29.4 Å². The van der Waals surface area contributed by atoms with Gasteiger partial charge in [0.1, 0.15) is 10.7 Å². The van der Waals surface area contributed by atoms with Crippen molar-refractivity contribution in [3.8, 4) is 0 Å². The number of aromatic nitrogens is 2. The zero-order chi connectivity index (χ0) is 12.5. The van der Waals surface area contributed by atoms with Gasteiger partial charge in [-0.05, 0) is 12.8 Å². The molecule has 1 N–H and O–H groups in total. The maximum Gasteiger partial charge on any atom is 0.401 e. The quantitative estimate of drug-likeness (QED) is 0.886. The molecule has 0 aliphatic heterocycles. The van der Waals surface area contributed by atoms with Crippen LogP contribution >= 0.6 is 11.5 Å². The summed E-state index contributed by atoms with van der Waals surface area (Å²) in [5, 5.41) is 7.49. The maximum absolute atomic E-state index is 12.4. The molecule has 1 aliphatic rings. The Kier molecular flexibility index (Phi) is 3.53. The zero-order valence-corrected chi connectivity index (χ0v) is 10.1. The molecule has 1 fully saturated rings. The van der Waals surface area contributed by atoms with Gasteiger partial charge >= 0.3 is 6.18 Å². The summed E-state index contributed by atoms with van der Waals surface area (Å²) in [7, 11) is 1.71. The van der Waals surface area contributed by atoms with Crippen molar-refractivity contribution in [2.24, 2.45) is 0 Å². The number of anilines is 1. The van der Waals surface area contributed by atoms with Gasteiger partial charge in [-0.2, -0.15) is 13.2 Å². The number of nitrogens with one attached hydrogen (secondary N) is 1. The summed E-state index contributed by atoms with van der Waals surface area (Å²) in [4.78, 5) is 1.43. The number of halogens is 3. The van der Waals surface area contributed by atoms with Crippen LogP contribution in [-0.2, 0) is 6.54 Å². The molecule has 17 heavy (non-hydrogen) atoms. The van der Waals surface area contributed by atoms with Crippen LogP contribution in [0.1, 0.15) is 18.5 Å². The molecule has 0 spiro atoms. The lowest BCUT2D eigenvalue weighted by molar-refractivity contribution is -0.148. The SMILES string of the molecule is CNc1snnc1CN(CC(F)(F)F)C1CC1. The number of hydrogen-bond acceptors (Lipinski definition) is 5. The summed E-state index contributed by atoms with van der Waals surface area (Å²) in [5.41, 5.74) is 0.591. The van der Waals surface area contributed by atoms with Crippen LogP contribution in [0.2, 0.25) is 0 Å². The van der Waals surface area contributed by atoms with Gasteiger partial charge in [0.2, 0.25) is 0 Å². The molecular formula is C9H13F3N4S. The molecule has 0 aromatic carbocycles. The van der Waals surface area contributed by atoms with Crippen molar-refractivity contribution in [3.63, 3.8) is 0 Å². The number of rotatable bonds is 5. The first-order chi connectivity index (χ1) is 7.99. The molecule has 0 bridgehead atoms. The van der Waals surface area contributed by atoms with Crippen LogP contribution in [0.15, 0.2) is 0 Å². The summed E-state index contributed by atoms with van der Waals surface area (Å²) in [6, 6.07) is 0.0445. The van der Waals surface area contributed by atoms with E-state index in [9.17, 15) is 13.2 Å². The van der Waals surface area contributed by atoms with Crippen LogP contribution in [0.3, 0.4) is 0 Å². The van der Waals surface area contributed by atoms with E-state index in [0.29, 0.717) is 5.69 Å². The van der Waals surface area contributed by atoms with E-state index in [-0.39, 0.29) is 12.6 Å². The number of alkyl halides is 3. The summed E-state index contributed by atoms with van der Waals surface area (Å²) < 4.78 is 41.0. The first-order valence-electron chi connectivity index (χ1n) is 5.29. The minimum atomic E-state index is -4.16. The number of nitrogens with zero attached hydrogens (tertiary/aromatic N) is 3. The minimum Gasteiger partial charge on any atom is -0.377 e. The van der Waals surface area contributed by atoms with Gasteiger partial charge in [-0.25, -0.2) is 0 Å². The lowest BCUT2D eigenvalue weighted by Crippen LogP contribution is -2.35. The number of hydrogen-bond donors (Lipinski definition) is 1. The highest BCUT2D eigenvalue weighted by Gasteiger charge is 2.38. The zero-order valence-electron chi connectivity index (χ0n) is 9.29. The average molecular weight is 266 g/mol. The molecule has 1 aromatic rings. The highest BCUT2D eigenvalue weighted by Crippen LogP contribution is 2.32. The van der Waals surface area contributed by atoms with Crippen LogP contribution in [0.4, 0.5) is 18.2 Å². The van der Waals surface area contributed by atoms with E-state index in [4.69, 9.17) is 0 Å². The molecule has 1 aromatic heterocycles. The molecule has 0 saturated heterocycles. The summed E-state index contributed by atoms with van der Waals surface area (Å²) in [6.07, 6.45) is -2.49. The molecule has 96 valence electrons. The Morgan fingerprint density at radius 3 is 2.71 bits per heavy atom. The highest BCUT2D eigenvalue weighted by molar-refractivity contribution is 7.10. The average Bonchev–Trinajstić information content (AvgIpc) is 2.97. The Morgan fingerprint density at radius 1 is 1.47 bits per heavy atom. The third kappa shape index (κ3) is 3.53. The van der Waals surface area contributed by atoms with Gasteiger partial charge < -0.3 is 5.32 Å². The molecule has 4 nitrogen and oxygen atoms in total. The van der Waals surface area contributed by atoms with E-state index in [1.54, 1.807) is 7.05 Å². The monoisotopic (exact) mass is 266 g/mol. The van der Waals surface area contributed by atoms with Gasteiger partial charge in [0.05, 0.1) is 6.54 Å². The second-order valence-electron chi connectivity index (χ2n) is 4.05. The van der Waals surface area contributed by atoms with Crippen molar-refractivity contribution >= 4 is 16.5 Å². The summed E-state index contributed by atoms with van der Waals surface area (Å²) >= 11 is 1.16. The largest absolute Gasteiger partial charge is 0.401 e. The van der Waals surface area contributed by atoms with Crippen molar-refractivity contribution in [1.29, 1.82) is 0 Å². The Morgan fingerprint density at radius 2 is 2.18 bits per heavy atom. The second kappa shape index (κ2) is 4.77. The van der Waals surface area contributed by atoms with Gasteiger partial charge in [0.15, 0.2) is 0 Å². The fraction of sp³-hybridized carbons (Fsp3) is 0.778. The van der Waals surface area contributed by atoms with E-state index in [1.165, 1.54) is 4.90 Å². The minimum absolute atomic E-state index is 0.0445. The van der Waals surface area contributed by atoms with Crippen LogP contribution in [-0.4, -0.2) is 40.3 Å². The van der Waals surface area contributed by atoms with Crippen LogP contribution < -0.4 is 5.32 Å². The van der Waals surface area contributed by atoms with E-state index < -0.39 is 12.7 Å². The molecule has 1 heterocycles. The summed E-state index contributed by atoms with van der Waals surface area (Å²) in [5.74, 6) is 0. The summed E-state index contributed by atoms with van der Waals surface area (Å²) in [6.45, 7) is -0.671. The fourth-order valence-corrected chi connectivity index (χ4v) is 2.20. The van der Waals surface area contributed by atoms with Gasteiger partial charge in [-0.3, -0.25) is 4.90 Å². The van der Waals surface area contributed by atoms with Crippen LogP contribution in [0, 0.1) is 0 Å². The van der Waals surface area contributed by atoms with E-state index >= 15 is 0 Å². The van der Waals surface area contributed by atoms with Gasteiger partial charge in [0, 0.05) is 31.2 Å². The molecule has 2 rings (SSSR count). The van der Waals surface area contributed by atoms with Crippen molar-refractivity contribution in [2.75, 3.05) is 18.9 Å². The molecule has 0 unspecified atom stereocenters. The predicted octanol–water partition coefficient (Wildman–Crippen LogP) is 2.11. The van der Waals surface area contributed by atoms with Crippen molar-refractivity contribution in [1.82, 2.24) is 14.5 Å². The van der Waals surface area contributed by atoms with Gasteiger partial charge in [-0.15, -0.1) is 5.10 Å². The first-order valence-corrected chi connectivity index (χ1v) is 6.06. The smallest absolute Gasteiger partial charge is 0.377 e. The van der Waals surface area contributed by atoms with E-state index in [2.05, 4.69) is 14.9 Å². The topological polar surface area (TPSA) is 41.1 Å². The normalized spacial score (nSPS) is 16.5. The van der Waals surface area contributed by atoms with E-state index in [1.807, 2.05) is 0 Å². The lowest BCUT2D eigenvalue weighted by Gasteiger charge is -2.22. The fourth-order valence-electron chi connectivity index (χ4n) is 1.68.